The predicted molar refractivity (Wildman–Crippen MR) is 134 cm³/mol. The predicted octanol–water partition coefficient (Wildman–Crippen LogP) is 3.62. The van der Waals surface area contributed by atoms with E-state index in [1.54, 1.807) is 12.1 Å². The lowest BCUT2D eigenvalue weighted by Gasteiger charge is -2.14. The van der Waals surface area contributed by atoms with Crippen LogP contribution in [-0.2, 0) is 22.5 Å². The number of anilines is 1. The molecule has 0 amide bonds. The van der Waals surface area contributed by atoms with E-state index in [0.717, 1.165) is 11.1 Å². The summed E-state index contributed by atoms with van der Waals surface area (Å²) in [7, 11) is 0. The quantitative estimate of drug-likeness (QED) is 0.213. The summed E-state index contributed by atoms with van der Waals surface area (Å²) in [6.45, 7) is 0.406. The van der Waals surface area contributed by atoms with Gasteiger partial charge in [0.2, 0.25) is 0 Å². The summed E-state index contributed by atoms with van der Waals surface area (Å²) in [5, 5.41) is 0. The monoisotopic (exact) mass is 485 g/mol. The highest BCUT2D eigenvalue weighted by Crippen LogP contribution is 2.19. The molecule has 0 aliphatic heterocycles. The zero-order valence-electron chi connectivity index (χ0n) is 19.3. The van der Waals surface area contributed by atoms with Crippen molar-refractivity contribution in [3.63, 3.8) is 0 Å². The van der Waals surface area contributed by atoms with Crippen LogP contribution in [0.25, 0.3) is 5.69 Å². The molecule has 36 heavy (non-hydrogen) atoms. The van der Waals surface area contributed by atoms with Gasteiger partial charge in [0.05, 0.1) is 17.7 Å². The van der Waals surface area contributed by atoms with Crippen molar-refractivity contribution < 1.29 is 18.8 Å². The van der Waals surface area contributed by atoms with Crippen LogP contribution in [0.1, 0.15) is 27.0 Å². The van der Waals surface area contributed by atoms with Crippen LogP contribution in [0.15, 0.2) is 95.8 Å². The van der Waals surface area contributed by atoms with E-state index in [1.165, 1.54) is 41.0 Å². The number of halogens is 1. The number of benzene rings is 3. The van der Waals surface area contributed by atoms with Gasteiger partial charge in [0.25, 0.3) is 5.56 Å². The molecule has 0 saturated carbocycles. The van der Waals surface area contributed by atoms with Crippen LogP contribution in [0.3, 0.4) is 0 Å². The maximum atomic E-state index is 13.2. The number of nitrogens with two attached hydrogens (primary N) is 1. The maximum absolute atomic E-state index is 13.2. The largest absolute Gasteiger partial charge is 0.384 e. The van der Waals surface area contributed by atoms with Crippen LogP contribution in [0.4, 0.5) is 10.2 Å². The Morgan fingerprint density at radius 3 is 2.25 bits per heavy atom. The topological polar surface area (TPSA) is 103 Å². The van der Waals surface area contributed by atoms with Gasteiger partial charge in [-0.1, -0.05) is 42.5 Å². The molecule has 7 nitrogen and oxygen atoms in total. The molecule has 0 atom stereocenters. The average molecular weight is 486 g/mol. The van der Waals surface area contributed by atoms with Gasteiger partial charge in [0.1, 0.15) is 11.6 Å². The van der Waals surface area contributed by atoms with Crippen LogP contribution in [0.5, 0.6) is 0 Å². The van der Waals surface area contributed by atoms with Crippen molar-refractivity contribution in [3.05, 3.63) is 129 Å². The van der Waals surface area contributed by atoms with E-state index in [9.17, 15) is 18.8 Å². The zero-order valence-corrected chi connectivity index (χ0v) is 19.3. The summed E-state index contributed by atoms with van der Waals surface area (Å²) in [5.41, 5.74) is 11.2. The second kappa shape index (κ2) is 11.2. The first-order chi connectivity index (χ1) is 17.4. The van der Waals surface area contributed by atoms with E-state index in [1.807, 2.05) is 42.5 Å². The number of nitrogen functional groups attached to an aromatic ring is 1. The van der Waals surface area contributed by atoms with Crippen molar-refractivity contribution >= 4 is 17.6 Å². The smallest absolute Gasteiger partial charge is 0.329 e. The molecular formula is C28H24FN3O4. The van der Waals surface area contributed by atoms with Gasteiger partial charge in [-0.2, -0.15) is 5.48 Å². The van der Waals surface area contributed by atoms with Gasteiger partial charge >= 0.3 is 5.97 Å². The Balaban J connectivity index is 1.39. The number of hydrogen-bond donors (Lipinski definition) is 2. The Morgan fingerprint density at radius 2 is 1.56 bits per heavy atom. The number of aromatic nitrogens is 1. The van der Waals surface area contributed by atoms with Crippen molar-refractivity contribution in [2.45, 2.75) is 12.8 Å². The second-order valence-corrected chi connectivity index (χ2v) is 8.09. The number of pyridine rings is 1. The normalized spacial score (nSPS) is 10.7. The fraction of sp³-hybridized carbons (Fsp3) is 0.107. The standard InChI is InChI=1S/C28H24FN3O4/c29-22-10-8-21(9-11-22)27(35)24-14-15-25(33)32(28(24)30)23-12-6-19(7-13-23)16-17-31-36-26(34)18-20-4-2-1-3-5-20/h1-15,31H,16-18,30H2. The summed E-state index contributed by atoms with van der Waals surface area (Å²) in [5.74, 6) is -1.24. The highest BCUT2D eigenvalue weighted by Gasteiger charge is 2.17. The lowest BCUT2D eigenvalue weighted by molar-refractivity contribution is -0.150. The maximum Gasteiger partial charge on any atom is 0.329 e. The summed E-state index contributed by atoms with van der Waals surface area (Å²) in [6.07, 6.45) is 0.758. The van der Waals surface area contributed by atoms with Crippen molar-refractivity contribution in [2.75, 3.05) is 12.3 Å². The van der Waals surface area contributed by atoms with Gasteiger partial charge in [-0.15, -0.1) is 0 Å². The molecule has 8 heteroatoms. The van der Waals surface area contributed by atoms with Crippen LogP contribution in [0.2, 0.25) is 0 Å². The van der Waals surface area contributed by atoms with Crippen LogP contribution >= 0.6 is 0 Å². The molecule has 0 spiro atoms. The summed E-state index contributed by atoms with van der Waals surface area (Å²) in [4.78, 5) is 42.4. The molecule has 4 aromatic rings. The molecule has 0 saturated heterocycles. The Kier molecular flexibility index (Phi) is 7.67. The third-order valence-electron chi connectivity index (χ3n) is 5.57. The zero-order chi connectivity index (χ0) is 25.5. The van der Waals surface area contributed by atoms with Gasteiger partial charge < -0.3 is 10.6 Å². The Morgan fingerprint density at radius 1 is 0.861 bits per heavy atom. The number of nitrogens with zero attached hydrogens (tertiary/aromatic N) is 1. The molecule has 0 fully saturated rings. The van der Waals surface area contributed by atoms with E-state index in [0.29, 0.717) is 18.7 Å². The van der Waals surface area contributed by atoms with Gasteiger partial charge in [-0.05, 0) is 60.0 Å². The molecule has 4 rings (SSSR count). The van der Waals surface area contributed by atoms with Crippen molar-refractivity contribution in [2.24, 2.45) is 0 Å². The molecule has 1 aromatic heterocycles. The van der Waals surface area contributed by atoms with Gasteiger partial charge in [-0.3, -0.25) is 19.0 Å². The molecule has 0 radical (unpaired) electrons. The minimum atomic E-state index is -0.454. The SMILES string of the molecule is Nc1c(C(=O)c2ccc(F)cc2)ccc(=O)n1-c1ccc(CCNOC(=O)Cc2ccccc2)cc1. The van der Waals surface area contributed by atoms with Gasteiger partial charge in [0.15, 0.2) is 5.78 Å². The summed E-state index contributed by atoms with van der Waals surface area (Å²) >= 11 is 0. The molecule has 0 bridgehead atoms. The number of nitrogens with one attached hydrogen (secondary N) is 1. The lowest BCUT2D eigenvalue weighted by atomic mass is 10.0. The highest BCUT2D eigenvalue weighted by molar-refractivity contribution is 6.11. The first-order valence-corrected chi connectivity index (χ1v) is 11.3. The Hall–Kier alpha value is -4.56. The minimum Gasteiger partial charge on any atom is -0.384 e. The number of carbonyl (C=O) groups excluding carboxylic acids is 2. The lowest BCUT2D eigenvalue weighted by Crippen LogP contribution is -2.24. The van der Waals surface area contributed by atoms with Crippen molar-refractivity contribution in [1.29, 1.82) is 0 Å². The molecule has 0 unspecified atom stereocenters. The second-order valence-electron chi connectivity index (χ2n) is 8.09. The third kappa shape index (κ3) is 5.92. The van der Waals surface area contributed by atoms with E-state index in [-0.39, 0.29) is 34.9 Å². The fourth-order valence-electron chi connectivity index (χ4n) is 3.71. The third-order valence-corrected chi connectivity index (χ3v) is 5.57. The number of carbonyl (C=O) groups is 2. The first kappa shape index (κ1) is 24.6. The van der Waals surface area contributed by atoms with Crippen LogP contribution < -0.4 is 16.8 Å². The average Bonchev–Trinajstić information content (AvgIpc) is 2.88. The molecule has 182 valence electrons. The number of ketones is 1. The fourth-order valence-corrected chi connectivity index (χ4v) is 3.71. The van der Waals surface area contributed by atoms with Crippen LogP contribution in [0, 0.1) is 5.82 Å². The highest BCUT2D eigenvalue weighted by atomic mass is 19.1. The number of rotatable bonds is 9. The van der Waals surface area contributed by atoms with E-state index < -0.39 is 11.6 Å². The minimum absolute atomic E-state index is 0.00318. The summed E-state index contributed by atoms with van der Waals surface area (Å²) in [6, 6.07) is 24.2. The van der Waals surface area contributed by atoms with E-state index in [4.69, 9.17) is 10.6 Å². The Labute approximate surface area is 206 Å². The van der Waals surface area contributed by atoms with Gasteiger partial charge in [-0.25, -0.2) is 4.39 Å². The Bertz CT molecular complexity index is 1420. The van der Waals surface area contributed by atoms with Crippen LogP contribution in [-0.4, -0.2) is 22.9 Å². The number of hydrogen-bond acceptors (Lipinski definition) is 6. The van der Waals surface area contributed by atoms with E-state index >= 15 is 0 Å². The molecule has 3 aromatic carbocycles. The van der Waals surface area contributed by atoms with Crippen molar-refractivity contribution in [1.82, 2.24) is 10.0 Å². The number of hydroxylamine groups is 1. The van der Waals surface area contributed by atoms with Gasteiger partial charge in [0, 0.05) is 18.2 Å². The molecule has 3 N–H and O–H groups in total. The molecular weight excluding hydrogens is 461 g/mol. The van der Waals surface area contributed by atoms with Crippen molar-refractivity contribution in [3.8, 4) is 5.69 Å². The first-order valence-electron chi connectivity index (χ1n) is 11.3. The van der Waals surface area contributed by atoms with E-state index in [2.05, 4.69) is 5.48 Å². The molecule has 0 aliphatic rings. The molecule has 1 heterocycles. The summed E-state index contributed by atoms with van der Waals surface area (Å²) < 4.78 is 14.5. The molecule has 0 aliphatic carbocycles.